The largest absolute Gasteiger partial charge is 0.459 e. The molecule has 1 unspecified atom stereocenters. The number of nitrogens with one attached hydrogen (secondary N) is 1. The summed E-state index contributed by atoms with van der Waals surface area (Å²) >= 11 is 3.14. The zero-order chi connectivity index (χ0) is 15.0. The van der Waals surface area contributed by atoms with Gasteiger partial charge in [0.2, 0.25) is 0 Å². The van der Waals surface area contributed by atoms with Crippen molar-refractivity contribution in [1.29, 1.82) is 0 Å². The lowest BCUT2D eigenvalue weighted by atomic mass is 10.0. The van der Waals surface area contributed by atoms with Gasteiger partial charge in [0.25, 0.3) is 0 Å². The van der Waals surface area contributed by atoms with E-state index in [4.69, 9.17) is 10.3 Å². The second-order valence-corrected chi connectivity index (χ2v) is 5.77. The van der Waals surface area contributed by atoms with E-state index in [0.717, 1.165) is 16.5 Å². The number of para-hydroxylation sites is 1. The van der Waals surface area contributed by atoms with Gasteiger partial charge in [0, 0.05) is 5.39 Å². The molecular formula is C16H14BrFN2O. The molecule has 0 radical (unpaired) electrons. The van der Waals surface area contributed by atoms with Crippen molar-refractivity contribution >= 4 is 26.9 Å². The van der Waals surface area contributed by atoms with Gasteiger partial charge in [0.05, 0.1) is 4.47 Å². The van der Waals surface area contributed by atoms with Gasteiger partial charge in [-0.05, 0) is 52.2 Å². The number of nitrogens with two attached hydrogens (primary N) is 1. The van der Waals surface area contributed by atoms with Crippen LogP contribution in [-0.2, 0) is 0 Å². The molecule has 3 N–H and O–H groups in total. The SMILES string of the molecule is Cc1cccc2cc(C(NN)c3ccc(Br)c(F)c3)oc12. The first-order valence-electron chi connectivity index (χ1n) is 6.50. The predicted octanol–water partition coefficient (Wildman–Crippen LogP) is 4.20. The summed E-state index contributed by atoms with van der Waals surface area (Å²) in [5.74, 6) is 5.96. The number of hydrogen-bond acceptors (Lipinski definition) is 3. The summed E-state index contributed by atoms with van der Waals surface area (Å²) < 4.78 is 20.0. The molecule has 1 atom stereocenters. The van der Waals surface area contributed by atoms with Crippen LogP contribution in [0.3, 0.4) is 0 Å². The maximum absolute atomic E-state index is 13.7. The second-order valence-electron chi connectivity index (χ2n) is 4.92. The van der Waals surface area contributed by atoms with Crippen molar-refractivity contribution in [2.24, 2.45) is 5.84 Å². The van der Waals surface area contributed by atoms with Gasteiger partial charge in [-0.25, -0.2) is 9.82 Å². The summed E-state index contributed by atoms with van der Waals surface area (Å²) in [5, 5.41) is 1.00. The molecule has 2 aromatic carbocycles. The molecule has 5 heteroatoms. The quantitative estimate of drug-likeness (QED) is 0.551. The van der Waals surface area contributed by atoms with Crippen LogP contribution in [0.4, 0.5) is 4.39 Å². The first-order chi connectivity index (χ1) is 10.1. The third-order valence-corrected chi connectivity index (χ3v) is 4.13. The average Bonchev–Trinajstić information content (AvgIpc) is 2.89. The maximum atomic E-state index is 13.7. The minimum atomic E-state index is -0.403. The Morgan fingerprint density at radius 3 is 2.71 bits per heavy atom. The lowest BCUT2D eigenvalue weighted by Gasteiger charge is -2.14. The normalized spacial score (nSPS) is 12.8. The van der Waals surface area contributed by atoms with Crippen LogP contribution in [0.15, 0.2) is 51.4 Å². The first-order valence-corrected chi connectivity index (χ1v) is 7.29. The molecule has 0 saturated heterocycles. The third-order valence-electron chi connectivity index (χ3n) is 3.49. The molecule has 0 aliphatic rings. The zero-order valence-corrected chi connectivity index (χ0v) is 12.9. The molecule has 0 spiro atoms. The maximum Gasteiger partial charge on any atom is 0.137 e. The molecule has 3 rings (SSSR count). The molecule has 1 aromatic heterocycles. The Morgan fingerprint density at radius 1 is 1.24 bits per heavy atom. The molecule has 0 aliphatic carbocycles. The van der Waals surface area contributed by atoms with Gasteiger partial charge in [-0.3, -0.25) is 5.84 Å². The molecule has 108 valence electrons. The lowest BCUT2D eigenvalue weighted by Crippen LogP contribution is -2.28. The summed E-state index contributed by atoms with van der Waals surface area (Å²) in [4.78, 5) is 0. The van der Waals surface area contributed by atoms with Crippen LogP contribution >= 0.6 is 15.9 Å². The van der Waals surface area contributed by atoms with Crippen LogP contribution in [0.25, 0.3) is 11.0 Å². The second kappa shape index (κ2) is 5.60. The van der Waals surface area contributed by atoms with Crippen LogP contribution in [0.1, 0.15) is 22.9 Å². The minimum absolute atomic E-state index is 0.333. The number of rotatable bonds is 3. The monoisotopic (exact) mass is 348 g/mol. The van der Waals surface area contributed by atoms with E-state index < -0.39 is 6.04 Å². The Hall–Kier alpha value is -1.69. The first kappa shape index (κ1) is 14.3. The standard InChI is InChI=1S/C16H14BrFN2O/c1-9-3-2-4-11-8-14(21-16(9)11)15(20-19)10-5-6-12(17)13(18)7-10/h2-8,15,20H,19H2,1H3. The summed E-state index contributed by atoms with van der Waals surface area (Å²) in [6.07, 6.45) is 0. The van der Waals surface area contributed by atoms with Crippen molar-refractivity contribution in [3.05, 3.63) is 69.6 Å². The molecule has 3 nitrogen and oxygen atoms in total. The molecule has 0 amide bonds. The molecule has 3 aromatic rings. The van der Waals surface area contributed by atoms with E-state index in [9.17, 15) is 4.39 Å². The van der Waals surface area contributed by atoms with E-state index in [-0.39, 0.29) is 5.82 Å². The fourth-order valence-corrected chi connectivity index (χ4v) is 2.65. The summed E-state index contributed by atoms with van der Waals surface area (Å²) in [7, 11) is 0. The smallest absolute Gasteiger partial charge is 0.137 e. The molecule has 0 aliphatic heterocycles. The highest BCUT2D eigenvalue weighted by atomic mass is 79.9. The number of halogens is 2. The molecular weight excluding hydrogens is 335 g/mol. The van der Waals surface area contributed by atoms with Crippen molar-refractivity contribution in [2.45, 2.75) is 13.0 Å². The van der Waals surface area contributed by atoms with E-state index in [1.165, 1.54) is 6.07 Å². The van der Waals surface area contributed by atoms with Crippen LogP contribution in [-0.4, -0.2) is 0 Å². The minimum Gasteiger partial charge on any atom is -0.459 e. The van der Waals surface area contributed by atoms with Gasteiger partial charge in [-0.2, -0.15) is 0 Å². The van der Waals surface area contributed by atoms with Crippen molar-refractivity contribution < 1.29 is 8.81 Å². The van der Waals surface area contributed by atoms with E-state index in [0.29, 0.717) is 15.8 Å². The lowest BCUT2D eigenvalue weighted by molar-refractivity contribution is 0.474. The highest BCUT2D eigenvalue weighted by Gasteiger charge is 2.19. The van der Waals surface area contributed by atoms with Crippen LogP contribution in [0.2, 0.25) is 0 Å². The van der Waals surface area contributed by atoms with E-state index >= 15 is 0 Å². The van der Waals surface area contributed by atoms with Gasteiger partial charge in [-0.1, -0.05) is 24.3 Å². The Balaban J connectivity index is 2.09. The topological polar surface area (TPSA) is 51.2 Å². The number of fused-ring (bicyclic) bond motifs is 1. The predicted molar refractivity (Wildman–Crippen MR) is 84.2 cm³/mol. The fraction of sp³-hybridized carbons (Fsp3) is 0.125. The number of aryl methyl sites for hydroxylation is 1. The van der Waals surface area contributed by atoms with Gasteiger partial charge < -0.3 is 4.42 Å². The zero-order valence-electron chi connectivity index (χ0n) is 11.4. The highest BCUT2D eigenvalue weighted by molar-refractivity contribution is 9.10. The van der Waals surface area contributed by atoms with Gasteiger partial charge in [0.1, 0.15) is 23.2 Å². The molecule has 0 bridgehead atoms. The summed E-state index contributed by atoms with van der Waals surface area (Å²) in [6.45, 7) is 1.99. The van der Waals surface area contributed by atoms with E-state index in [2.05, 4.69) is 21.4 Å². The van der Waals surface area contributed by atoms with Gasteiger partial charge >= 0.3 is 0 Å². The number of benzene rings is 2. The van der Waals surface area contributed by atoms with Crippen molar-refractivity contribution in [1.82, 2.24) is 5.43 Å². The number of hydrogen-bond donors (Lipinski definition) is 2. The van der Waals surface area contributed by atoms with Gasteiger partial charge in [0.15, 0.2) is 0 Å². The average molecular weight is 349 g/mol. The summed E-state index contributed by atoms with van der Waals surface area (Å²) in [5.41, 5.74) is 5.27. The van der Waals surface area contributed by atoms with E-state index in [1.54, 1.807) is 12.1 Å². The summed E-state index contributed by atoms with van der Waals surface area (Å²) in [6, 6.07) is 12.4. The third kappa shape index (κ3) is 2.60. The van der Waals surface area contributed by atoms with Crippen molar-refractivity contribution in [3.63, 3.8) is 0 Å². The molecule has 0 saturated carbocycles. The molecule has 0 fully saturated rings. The molecule has 21 heavy (non-hydrogen) atoms. The Bertz CT molecular complexity index is 800. The van der Waals surface area contributed by atoms with Crippen molar-refractivity contribution in [2.75, 3.05) is 0 Å². The van der Waals surface area contributed by atoms with Crippen LogP contribution in [0.5, 0.6) is 0 Å². The highest BCUT2D eigenvalue weighted by Crippen LogP contribution is 2.30. The Kier molecular flexibility index (Phi) is 3.80. The Labute approximate surface area is 130 Å². The fourth-order valence-electron chi connectivity index (χ4n) is 2.41. The van der Waals surface area contributed by atoms with E-state index in [1.807, 2.05) is 31.2 Å². The number of hydrazine groups is 1. The number of furan rings is 1. The van der Waals surface area contributed by atoms with Crippen LogP contribution < -0.4 is 11.3 Å². The molecule has 1 heterocycles. The van der Waals surface area contributed by atoms with Crippen LogP contribution in [0, 0.1) is 12.7 Å². The Morgan fingerprint density at radius 2 is 2.05 bits per heavy atom. The van der Waals surface area contributed by atoms with Gasteiger partial charge in [-0.15, -0.1) is 0 Å². The van der Waals surface area contributed by atoms with Crippen molar-refractivity contribution in [3.8, 4) is 0 Å².